The molecule has 0 aliphatic carbocycles. The van der Waals surface area contributed by atoms with Gasteiger partial charge in [0.2, 0.25) is 5.91 Å². The van der Waals surface area contributed by atoms with Gasteiger partial charge < -0.3 is 19.1 Å². The fourth-order valence-electron chi connectivity index (χ4n) is 7.98. The van der Waals surface area contributed by atoms with Crippen LogP contribution in [0.1, 0.15) is 252 Å². The van der Waals surface area contributed by atoms with Crippen LogP contribution in [0, 0.1) is 0 Å². The van der Waals surface area contributed by atoms with Gasteiger partial charge in [0.25, 0.3) is 0 Å². The van der Waals surface area contributed by atoms with Crippen LogP contribution < -0.4 is 0 Å². The number of cyclic esters (lactones) is 1. The zero-order valence-electron chi connectivity index (χ0n) is 40.6. The highest BCUT2D eigenvalue weighted by Gasteiger charge is 2.47. The molecule has 1 saturated heterocycles. The number of nitrogens with zero attached hydrogens (tertiary/aromatic N) is 1. The van der Waals surface area contributed by atoms with Crippen LogP contribution in [0.2, 0.25) is 0 Å². The maximum absolute atomic E-state index is 13.7. The zero-order valence-corrected chi connectivity index (χ0v) is 40.6. The van der Waals surface area contributed by atoms with E-state index in [0.29, 0.717) is 0 Å². The highest BCUT2D eigenvalue weighted by molar-refractivity contribution is 5.85. The first-order valence-electron chi connectivity index (χ1n) is 26.1. The van der Waals surface area contributed by atoms with Crippen LogP contribution in [0.3, 0.4) is 0 Å². The molecule has 8 nitrogen and oxygen atoms in total. The molecule has 62 heavy (non-hydrogen) atoms. The third-order valence-corrected chi connectivity index (χ3v) is 12.1. The van der Waals surface area contributed by atoms with Gasteiger partial charge in [0.05, 0.1) is 0 Å². The number of hydrogen-bond donors (Lipinski definition) is 0. The highest BCUT2D eigenvalue weighted by atomic mass is 16.6. The molecular weight excluding hydrogens is 775 g/mol. The Kier molecular flexibility index (Phi) is 38.8. The SMILES string of the molecule is CCCCCCCC/C=C/CCCCCCCC(=O)OCC1(COC(=O)CCCCCCC/C=C/CCCCCCCC)COC(=O)CN1C(=O)C/C=C/CCCCCCCC. The van der Waals surface area contributed by atoms with Gasteiger partial charge in [-0.1, -0.05) is 192 Å². The molecule has 1 aliphatic heterocycles. The van der Waals surface area contributed by atoms with E-state index in [1.54, 1.807) is 0 Å². The van der Waals surface area contributed by atoms with Gasteiger partial charge in [0.1, 0.15) is 31.9 Å². The molecule has 1 fully saturated rings. The molecule has 0 aromatic carbocycles. The molecule has 1 heterocycles. The van der Waals surface area contributed by atoms with Gasteiger partial charge in [-0.15, -0.1) is 0 Å². The van der Waals surface area contributed by atoms with Crippen LogP contribution in [0.15, 0.2) is 36.5 Å². The molecule has 1 amide bonds. The molecule has 0 bridgehead atoms. The van der Waals surface area contributed by atoms with Gasteiger partial charge in [0.15, 0.2) is 0 Å². The Labute approximate surface area is 381 Å². The van der Waals surface area contributed by atoms with Crippen LogP contribution in [-0.2, 0) is 33.4 Å². The number of ether oxygens (including phenoxy) is 3. The number of amides is 1. The van der Waals surface area contributed by atoms with Crippen molar-refractivity contribution in [2.45, 2.75) is 257 Å². The van der Waals surface area contributed by atoms with Crippen molar-refractivity contribution < 1.29 is 33.4 Å². The first kappa shape index (κ1) is 57.1. The van der Waals surface area contributed by atoms with Crippen molar-refractivity contribution in [2.75, 3.05) is 26.4 Å². The van der Waals surface area contributed by atoms with E-state index in [0.717, 1.165) is 89.9 Å². The summed E-state index contributed by atoms with van der Waals surface area (Å²) < 4.78 is 17.1. The van der Waals surface area contributed by atoms with E-state index in [2.05, 4.69) is 45.1 Å². The van der Waals surface area contributed by atoms with E-state index in [-0.39, 0.29) is 63.5 Å². The molecule has 1 rings (SSSR count). The van der Waals surface area contributed by atoms with Gasteiger partial charge in [-0.05, 0) is 77.0 Å². The van der Waals surface area contributed by atoms with Crippen molar-refractivity contribution in [3.05, 3.63) is 36.5 Å². The molecule has 0 N–H and O–H groups in total. The molecule has 0 unspecified atom stereocenters. The number of hydrogen-bond acceptors (Lipinski definition) is 7. The second-order valence-corrected chi connectivity index (χ2v) is 18.1. The van der Waals surface area contributed by atoms with E-state index in [1.807, 2.05) is 12.2 Å². The van der Waals surface area contributed by atoms with Crippen molar-refractivity contribution in [3.63, 3.8) is 0 Å². The standard InChI is InChI=1S/C54H95NO7/c1-4-7-10-13-16-19-21-23-25-27-29-32-35-38-41-44-51(57)60-47-54(49-62-53(59)46-55(54)50(56)43-40-37-34-31-18-15-12-9-6-3)48-61-52(58)45-42-39-36-33-30-28-26-24-22-20-17-14-11-8-5-2/h23-26,37,40H,4-22,27-36,38-39,41-49H2,1-3H3/b25-23+,26-24+,40-37+. The van der Waals surface area contributed by atoms with Crippen molar-refractivity contribution in [1.82, 2.24) is 4.90 Å². The molecule has 0 aromatic rings. The maximum Gasteiger partial charge on any atom is 0.325 e. The van der Waals surface area contributed by atoms with Gasteiger partial charge in [-0.2, -0.15) is 0 Å². The van der Waals surface area contributed by atoms with E-state index >= 15 is 0 Å². The minimum atomic E-state index is -1.27. The Bertz CT molecular complexity index is 1140. The van der Waals surface area contributed by atoms with Gasteiger partial charge >= 0.3 is 17.9 Å². The lowest BCUT2D eigenvalue weighted by Gasteiger charge is -2.44. The molecular formula is C54H95NO7. The predicted octanol–water partition coefficient (Wildman–Crippen LogP) is 15.0. The minimum absolute atomic E-state index is 0.108. The first-order chi connectivity index (χ1) is 30.4. The fraction of sp³-hybridized carbons (Fsp3) is 0.815. The van der Waals surface area contributed by atoms with Crippen molar-refractivity contribution >= 4 is 23.8 Å². The first-order valence-corrected chi connectivity index (χ1v) is 26.1. The molecule has 0 saturated carbocycles. The van der Waals surface area contributed by atoms with Crippen LogP contribution in [-0.4, -0.2) is 60.6 Å². The largest absolute Gasteiger partial charge is 0.463 e. The smallest absolute Gasteiger partial charge is 0.325 e. The summed E-state index contributed by atoms with van der Waals surface area (Å²) in [5.41, 5.74) is -1.27. The summed E-state index contributed by atoms with van der Waals surface area (Å²) in [5.74, 6) is -1.51. The van der Waals surface area contributed by atoms with Gasteiger partial charge in [0, 0.05) is 19.3 Å². The second-order valence-electron chi connectivity index (χ2n) is 18.1. The van der Waals surface area contributed by atoms with E-state index in [9.17, 15) is 19.2 Å². The summed E-state index contributed by atoms with van der Waals surface area (Å²) in [6.45, 7) is 5.86. The lowest BCUT2D eigenvalue weighted by molar-refractivity contribution is -0.185. The van der Waals surface area contributed by atoms with Crippen molar-refractivity contribution in [3.8, 4) is 0 Å². The number of esters is 3. The van der Waals surface area contributed by atoms with Crippen molar-refractivity contribution in [1.29, 1.82) is 0 Å². The Morgan fingerprint density at radius 1 is 0.484 bits per heavy atom. The molecule has 0 atom stereocenters. The van der Waals surface area contributed by atoms with E-state index < -0.39 is 11.5 Å². The Morgan fingerprint density at radius 3 is 1.18 bits per heavy atom. The number of rotatable bonds is 43. The quantitative estimate of drug-likeness (QED) is 0.0260. The minimum Gasteiger partial charge on any atom is -0.463 e. The van der Waals surface area contributed by atoms with Crippen LogP contribution in [0.25, 0.3) is 0 Å². The zero-order chi connectivity index (χ0) is 45.0. The summed E-state index contributed by atoms with van der Waals surface area (Å²) in [7, 11) is 0. The van der Waals surface area contributed by atoms with Crippen LogP contribution in [0.5, 0.6) is 0 Å². The number of carbonyl (C=O) groups excluding carboxylic acids is 4. The van der Waals surface area contributed by atoms with Crippen LogP contribution in [0.4, 0.5) is 0 Å². The van der Waals surface area contributed by atoms with Gasteiger partial charge in [-0.25, -0.2) is 0 Å². The Morgan fingerprint density at radius 2 is 0.806 bits per heavy atom. The van der Waals surface area contributed by atoms with E-state index in [4.69, 9.17) is 14.2 Å². The van der Waals surface area contributed by atoms with Gasteiger partial charge in [-0.3, -0.25) is 19.2 Å². The number of morpholine rings is 1. The third-order valence-electron chi connectivity index (χ3n) is 12.1. The summed E-state index contributed by atoms with van der Waals surface area (Å²) in [4.78, 5) is 53.7. The average Bonchev–Trinajstić information content (AvgIpc) is 3.27. The molecule has 1 aliphatic rings. The molecule has 0 radical (unpaired) electrons. The van der Waals surface area contributed by atoms with Crippen LogP contribution >= 0.6 is 0 Å². The lowest BCUT2D eigenvalue weighted by atomic mass is 9.97. The number of unbranched alkanes of at least 4 members (excludes halogenated alkanes) is 28. The lowest BCUT2D eigenvalue weighted by Crippen LogP contribution is -2.65. The molecule has 0 aromatic heterocycles. The highest BCUT2D eigenvalue weighted by Crippen LogP contribution is 2.25. The molecule has 0 spiro atoms. The number of allylic oxidation sites excluding steroid dienone is 5. The fourth-order valence-corrected chi connectivity index (χ4v) is 7.98. The summed E-state index contributed by atoms with van der Waals surface area (Å²) in [5, 5.41) is 0. The summed E-state index contributed by atoms with van der Waals surface area (Å²) in [6.07, 6.45) is 52.6. The normalized spacial score (nSPS) is 14.0. The monoisotopic (exact) mass is 870 g/mol. The summed E-state index contributed by atoms with van der Waals surface area (Å²) in [6, 6.07) is 0. The van der Waals surface area contributed by atoms with E-state index in [1.165, 1.54) is 127 Å². The third kappa shape index (κ3) is 32.7. The predicted molar refractivity (Wildman–Crippen MR) is 258 cm³/mol. The number of carbonyl (C=O) groups is 4. The Hall–Kier alpha value is -2.90. The average molecular weight is 870 g/mol. The topological polar surface area (TPSA) is 99.2 Å². The Balaban J connectivity index is 2.58. The summed E-state index contributed by atoms with van der Waals surface area (Å²) >= 11 is 0. The van der Waals surface area contributed by atoms with Crippen molar-refractivity contribution in [2.24, 2.45) is 0 Å². The second kappa shape index (κ2) is 42.1. The molecule has 8 heteroatoms. The molecule has 358 valence electrons. The maximum atomic E-state index is 13.7.